The third-order valence-corrected chi connectivity index (χ3v) is 3.08. The molecule has 0 bridgehead atoms. The largest absolute Gasteiger partial charge is 0.459 e. The summed E-state index contributed by atoms with van der Waals surface area (Å²) in [6.07, 6.45) is 3.23. The van der Waals surface area contributed by atoms with Crippen LogP contribution >= 0.6 is 0 Å². The fourth-order valence-corrected chi connectivity index (χ4v) is 1.95. The zero-order valence-electron chi connectivity index (χ0n) is 12.3. The summed E-state index contributed by atoms with van der Waals surface area (Å²) in [6, 6.07) is 10.2. The lowest BCUT2D eigenvalue weighted by Gasteiger charge is -2.06. The number of aliphatic imine (C=N–C) groups is 1. The SMILES string of the molecule is CCC(=O)Oc1ccccc1/C=C1/N=C(c2ccco2)OC1=O. The fourth-order valence-electron chi connectivity index (χ4n) is 1.95. The average Bonchev–Trinajstić information content (AvgIpc) is 3.19. The number of rotatable bonds is 4. The maximum atomic E-state index is 11.9. The predicted molar refractivity (Wildman–Crippen MR) is 81.7 cm³/mol. The minimum absolute atomic E-state index is 0.106. The van der Waals surface area contributed by atoms with Crippen LogP contribution in [0, 0.1) is 0 Å². The lowest BCUT2D eigenvalue weighted by atomic mass is 10.1. The maximum absolute atomic E-state index is 11.9. The fraction of sp³-hybridized carbons (Fsp3) is 0.118. The van der Waals surface area contributed by atoms with Gasteiger partial charge in [-0.1, -0.05) is 25.1 Å². The first-order chi connectivity index (χ1) is 11.2. The molecule has 0 fully saturated rings. The van der Waals surface area contributed by atoms with Crippen LogP contribution in [-0.4, -0.2) is 17.8 Å². The van der Waals surface area contributed by atoms with E-state index in [0.29, 0.717) is 17.1 Å². The third-order valence-electron chi connectivity index (χ3n) is 3.08. The van der Waals surface area contributed by atoms with Gasteiger partial charge in [0, 0.05) is 12.0 Å². The summed E-state index contributed by atoms with van der Waals surface area (Å²) in [5.41, 5.74) is 0.669. The molecule has 116 valence electrons. The molecule has 3 rings (SSSR count). The number of carbonyl (C=O) groups is 2. The smallest absolute Gasteiger partial charge is 0.363 e. The van der Waals surface area contributed by atoms with Crippen molar-refractivity contribution in [1.29, 1.82) is 0 Å². The zero-order chi connectivity index (χ0) is 16.2. The van der Waals surface area contributed by atoms with Crippen LogP contribution in [0.2, 0.25) is 0 Å². The molecule has 0 atom stereocenters. The van der Waals surface area contributed by atoms with Crippen molar-refractivity contribution in [3.63, 3.8) is 0 Å². The summed E-state index contributed by atoms with van der Waals surface area (Å²) < 4.78 is 15.5. The molecule has 2 heterocycles. The van der Waals surface area contributed by atoms with E-state index in [1.54, 1.807) is 43.3 Å². The van der Waals surface area contributed by atoms with E-state index >= 15 is 0 Å². The van der Waals surface area contributed by atoms with E-state index < -0.39 is 5.97 Å². The van der Waals surface area contributed by atoms with E-state index in [1.807, 2.05) is 0 Å². The van der Waals surface area contributed by atoms with E-state index in [2.05, 4.69) is 4.99 Å². The first-order valence-electron chi connectivity index (χ1n) is 7.03. The molecule has 0 unspecified atom stereocenters. The second kappa shape index (κ2) is 6.31. The van der Waals surface area contributed by atoms with Crippen molar-refractivity contribution < 1.29 is 23.5 Å². The van der Waals surface area contributed by atoms with Crippen molar-refractivity contribution in [3.8, 4) is 5.75 Å². The van der Waals surface area contributed by atoms with Crippen LogP contribution in [0.15, 0.2) is 57.8 Å². The van der Waals surface area contributed by atoms with E-state index in [-0.39, 0.29) is 24.0 Å². The summed E-state index contributed by atoms with van der Waals surface area (Å²) in [6.45, 7) is 1.71. The molecule has 0 radical (unpaired) electrons. The van der Waals surface area contributed by atoms with Crippen molar-refractivity contribution in [2.24, 2.45) is 4.99 Å². The minimum Gasteiger partial charge on any atom is -0.459 e. The van der Waals surface area contributed by atoms with Crippen LogP contribution in [0.5, 0.6) is 5.75 Å². The molecule has 1 aromatic carbocycles. The molecule has 23 heavy (non-hydrogen) atoms. The minimum atomic E-state index is -0.590. The molecule has 6 heteroatoms. The highest BCUT2D eigenvalue weighted by Crippen LogP contribution is 2.25. The highest BCUT2D eigenvalue weighted by atomic mass is 16.6. The van der Waals surface area contributed by atoms with Gasteiger partial charge in [-0.25, -0.2) is 9.79 Å². The van der Waals surface area contributed by atoms with Crippen LogP contribution in [0.3, 0.4) is 0 Å². The maximum Gasteiger partial charge on any atom is 0.363 e. The number of benzene rings is 1. The Morgan fingerprint density at radius 3 is 2.83 bits per heavy atom. The molecule has 0 aliphatic carbocycles. The van der Waals surface area contributed by atoms with Crippen LogP contribution in [0.25, 0.3) is 6.08 Å². The Morgan fingerprint density at radius 2 is 2.09 bits per heavy atom. The number of esters is 2. The number of cyclic esters (lactones) is 1. The van der Waals surface area contributed by atoms with E-state index in [1.165, 1.54) is 12.3 Å². The second-order valence-corrected chi connectivity index (χ2v) is 4.68. The zero-order valence-corrected chi connectivity index (χ0v) is 12.3. The predicted octanol–water partition coefficient (Wildman–Crippen LogP) is 2.94. The van der Waals surface area contributed by atoms with Gasteiger partial charge in [0.15, 0.2) is 11.5 Å². The summed E-state index contributed by atoms with van der Waals surface area (Å²) in [5.74, 6) is -0.110. The summed E-state index contributed by atoms with van der Waals surface area (Å²) in [5, 5.41) is 0. The Hall–Kier alpha value is -3.15. The number of para-hydroxylation sites is 1. The molecule has 2 aromatic rings. The van der Waals surface area contributed by atoms with Crippen molar-refractivity contribution in [3.05, 3.63) is 59.7 Å². The first kappa shape index (κ1) is 14.8. The number of ether oxygens (including phenoxy) is 2. The molecule has 0 spiro atoms. The molecule has 0 amide bonds. The van der Waals surface area contributed by atoms with E-state index in [4.69, 9.17) is 13.9 Å². The Labute approximate surface area is 132 Å². The van der Waals surface area contributed by atoms with Crippen LogP contribution in [0.1, 0.15) is 24.7 Å². The van der Waals surface area contributed by atoms with Crippen molar-refractivity contribution in [2.45, 2.75) is 13.3 Å². The summed E-state index contributed by atoms with van der Waals surface area (Å²) in [4.78, 5) is 27.5. The molecular formula is C17H13NO5. The molecule has 1 aliphatic heterocycles. The quantitative estimate of drug-likeness (QED) is 0.493. The highest BCUT2D eigenvalue weighted by molar-refractivity contribution is 6.12. The molecular weight excluding hydrogens is 298 g/mol. The molecule has 0 N–H and O–H groups in total. The molecule has 0 saturated carbocycles. The Balaban J connectivity index is 1.92. The van der Waals surface area contributed by atoms with Gasteiger partial charge in [0.05, 0.1) is 6.26 Å². The van der Waals surface area contributed by atoms with E-state index in [9.17, 15) is 9.59 Å². The van der Waals surface area contributed by atoms with Gasteiger partial charge in [-0.2, -0.15) is 0 Å². The Kier molecular flexibility index (Phi) is 4.05. The first-order valence-corrected chi connectivity index (χ1v) is 7.03. The van der Waals surface area contributed by atoms with Gasteiger partial charge in [-0.05, 0) is 24.3 Å². The van der Waals surface area contributed by atoms with Gasteiger partial charge in [-0.15, -0.1) is 0 Å². The lowest BCUT2D eigenvalue weighted by Crippen LogP contribution is -2.06. The standard InChI is InChI=1S/C17H13NO5/c1-2-15(19)22-13-7-4-3-6-11(13)10-12-17(20)23-16(18-12)14-8-5-9-21-14/h3-10H,2H2,1H3/b12-10+. The topological polar surface area (TPSA) is 78.1 Å². The second-order valence-electron chi connectivity index (χ2n) is 4.68. The van der Waals surface area contributed by atoms with Gasteiger partial charge >= 0.3 is 11.9 Å². The van der Waals surface area contributed by atoms with Crippen LogP contribution < -0.4 is 4.74 Å². The lowest BCUT2D eigenvalue weighted by molar-refractivity contribution is -0.134. The van der Waals surface area contributed by atoms with Gasteiger partial charge in [0.1, 0.15) is 5.75 Å². The Morgan fingerprint density at radius 1 is 1.26 bits per heavy atom. The van der Waals surface area contributed by atoms with Crippen LogP contribution in [-0.2, 0) is 14.3 Å². The van der Waals surface area contributed by atoms with Crippen molar-refractivity contribution >= 4 is 23.9 Å². The van der Waals surface area contributed by atoms with Crippen molar-refractivity contribution in [2.75, 3.05) is 0 Å². The third kappa shape index (κ3) is 3.21. The van der Waals surface area contributed by atoms with Gasteiger partial charge in [0.2, 0.25) is 0 Å². The Bertz CT molecular complexity index is 802. The highest BCUT2D eigenvalue weighted by Gasteiger charge is 2.26. The number of hydrogen-bond donors (Lipinski definition) is 0. The van der Waals surface area contributed by atoms with Gasteiger partial charge in [-0.3, -0.25) is 4.79 Å². The number of nitrogens with zero attached hydrogens (tertiary/aromatic N) is 1. The van der Waals surface area contributed by atoms with Crippen molar-refractivity contribution in [1.82, 2.24) is 0 Å². The monoisotopic (exact) mass is 311 g/mol. The normalized spacial score (nSPS) is 15.4. The average molecular weight is 311 g/mol. The number of furan rings is 1. The van der Waals surface area contributed by atoms with E-state index in [0.717, 1.165) is 0 Å². The van der Waals surface area contributed by atoms with Crippen LogP contribution in [0.4, 0.5) is 0 Å². The molecule has 0 saturated heterocycles. The molecule has 1 aromatic heterocycles. The van der Waals surface area contributed by atoms with Gasteiger partial charge < -0.3 is 13.9 Å². The molecule has 6 nitrogen and oxygen atoms in total. The number of hydrogen-bond acceptors (Lipinski definition) is 6. The molecule has 1 aliphatic rings. The summed E-state index contributed by atoms with van der Waals surface area (Å²) in [7, 11) is 0. The van der Waals surface area contributed by atoms with Gasteiger partial charge in [0.25, 0.3) is 5.90 Å². The summed E-state index contributed by atoms with van der Waals surface area (Å²) >= 11 is 0. The number of carbonyl (C=O) groups excluding carboxylic acids is 2.